The number of nitrogens with zero attached hydrogens (tertiary/aromatic N) is 2. The number of fused-ring (bicyclic) bond motifs is 1. The molecule has 0 bridgehead atoms. The van der Waals surface area contributed by atoms with Crippen molar-refractivity contribution < 1.29 is 19.0 Å². The number of thiazole rings is 1. The van der Waals surface area contributed by atoms with Gasteiger partial charge in [-0.2, -0.15) is 0 Å². The highest BCUT2D eigenvalue weighted by Crippen LogP contribution is 2.44. The van der Waals surface area contributed by atoms with E-state index in [4.69, 9.17) is 24.9 Å². The second kappa shape index (κ2) is 8.57. The van der Waals surface area contributed by atoms with Crippen LogP contribution in [0.25, 0.3) is 20.8 Å². The lowest BCUT2D eigenvalue weighted by Gasteiger charge is -2.23. The number of methoxy groups -OCH3 is 1. The van der Waals surface area contributed by atoms with Crippen LogP contribution in [0, 0.1) is 0 Å². The molecule has 0 spiro atoms. The van der Waals surface area contributed by atoms with E-state index in [-0.39, 0.29) is 6.10 Å². The fourth-order valence-corrected chi connectivity index (χ4v) is 5.00. The Labute approximate surface area is 179 Å². The summed E-state index contributed by atoms with van der Waals surface area (Å²) in [7, 11) is 1.63. The van der Waals surface area contributed by atoms with Gasteiger partial charge in [-0.05, 0) is 50.3 Å². The highest BCUT2D eigenvalue weighted by Gasteiger charge is 2.25. The summed E-state index contributed by atoms with van der Waals surface area (Å²) in [6.07, 6.45) is 3.36. The molecule has 30 heavy (non-hydrogen) atoms. The van der Waals surface area contributed by atoms with Crippen molar-refractivity contribution in [3.05, 3.63) is 35.5 Å². The molecule has 0 radical (unpaired) electrons. The molecule has 1 amide bonds. The van der Waals surface area contributed by atoms with Crippen molar-refractivity contribution in [2.45, 2.75) is 38.7 Å². The topological polar surface area (TPSA) is 96.6 Å². The fourth-order valence-electron chi connectivity index (χ4n) is 3.77. The molecule has 2 aromatic heterocycles. The average Bonchev–Trinajstić information content (AvgIpc) is 3.18. The first kappa shape index (κ1) is 20.6. The van der Waals surface area contributed by atoms with Crippen molar-refractivity contribution in [1.82, 2.24) is 9.97 Å². The maximum absolute atomic E-state index is 12.2. The quantitative estimate of drug-likeness (QED) is 0.635. The highest BCUT2D eigenvalue weighted by atomic mass is 32.1. The Balaban J connectivity index is 1.93. The van der Waals surface area contributed by atoms with Gasteiger partial charge in [-0.3, -0.25) is 4.79 Å². The van der Waals surface area contributed by atoms with E-state index < -0.39 is 5.91 Å². The molecular formula is C22H25N3O4S. The van der Waals surface area contributed by atoms with Crippen molar-refractivity contribution in [1.29, 1.82) is 0 Å². The molecule has 158 valence electrons. The molecule has 1 fully saturated rings. The largest absolute Gasteiger partial charge is 0.494 e. The number of hydrogen-bond acceptors (Lipinski definition) is 7. The summed E-state index contributed by atoms with van der Waals surface area (Å²) in [4.78, 5) is 21.4. The molecule has 0 unspecified atom stereocenters. The minimum atomic E-state index is -0.545. The first-order valence-electron chi connectivity index (χ1n) is 10.0. The molecule has 1 aliphatic rings. The molecule has 8 heteroatoms. The highest BCUT2D eigenvalue weighted by molar-refractivity contribution is 7.22. The lowest BCUT2D eigenvalue weighted by Crippen LogP contribution is -2.15. The van der Waals surface area contributed by atoms with Gasteiger partial charge >= 0.3 is 0 Å². The Kier molecular flexibility index (Phi) is 5.87. The van der Waals surface area contributed by atoms with Crippen LogP contribution < -0.4 is 15.2 Å². The van der Waals surface area contributed by atoms with Crippen LogP contribution in [0.3, 0.4) is 0 Å². The van der Waals surface area contributed by atoms with E-state index in [1.165, 1.54) is 23.1 Å². The summed E-state index contributed by atoms with van der Waals surface area (Å²) in [5, 5.41) is 0.639. The monoisotopic (exact) mass is 427 g/mol. The molecule has 2 N–H and O–H groups in total. The Morgan fingerprint density at radius 2 is 2.03 bits per heavy atom. The van der Waals surface area contributed by atoms with Gasteiger partial charge < -0.3 is 19.9 Å². The zero-order valence-electron chi connectivity index (χ0n) is 17.3. The van der Waals surface area contributed by atoms with Crippen LogP contribution in [0.1, 0.15) is 48.5 Å². The predicted octanol–water partition coefficient (Wildman–Crippen LogP) is 4.15. The van der Waals surface area contributed by atoms with E-state index in [9.17, 15) is 4.79 Å². The summed E-state index contributed by atoms with van der Waals surface area (Å²) >= 11 is 1.51. The Morgan fingerprint density at radius 1 is 1.27 bits per heavy atom. The number of rotatable bonds is 6. The normalized spacial score (nSPS) is 14.9. The van der Waals surface area contributed by atoms with Gasteiger partial charge in [0, 0.05) is 19.4 Å². The number of carbonyl (C=O) groups excluding carboxylic acids is 1. The number of hydrogen-bond donors (Lipinski definition) is 1. The number of benzene rings is 1. The smallest absolute Gasteiger partial charge is 0.249 e. The van der Waals surface area contributed by atoms with Crippen LogP contribution in [-0.4, -0.2) is 42.3 Å². The van der Waals surface area contributed by atoms with E-state index in [1.54, 1.807) is 13.2 Å². The molecule has 1 aromatic carbocycles. The van der Waals surface area contributed by atoms with Gasteiger partial charge in [0.25, 0.3) is 0 Å². The summed E-state index contributed by atoms with van der Waals surface area (Å²) in [5.41, 5.74) is 8.54. The third-order valence-electron chi connectivity index (χ3n) is 5.16. The number of primary amides is 1. The van der Waals surface area contributed by atoms with E-state index in [0.29, 0.717) is 33.7 Å². The minimum absolute atomic E-state index is 0.110. The van der Waals surface area contributed by atoms with Crippen molar-refractivity contribution in [3.8, 4) is 22.2 Å². The van der Waals surface area contributed by atoms with Gasteiger partial charge in [0.15, 0.2) is 0 Å². The van der Waals surface area contributed by atoms with Gasteiger partial charge in [0.05, 0.1) is 29.0 Å². The molecule has 0 saturated carbocycles. The molecule has 3 aromatic rings. The van der Waals surface area contributed by atoms with E-state index in [0.717, 1.165) is 36.3 Å². The van der Waals surface area contributed by atoms with Crippen LogP contribution in [0.4, 0.5) is 0 Å². The Morgan fingerprint density at radius 3 is 2.70 bits per heavy atom. The molecule has 1 saturated heterocycles. The second-order valence-electron chi connectivity index (χ2n) is 7.51. The minimum Gasteiger partial charge on any atom is -0.494 e. The average molecular weight is 428 g/mol. The number of ether oxygens (including phenoxy) is 3. The molecule has 7 nitrogen and oxygen atoms in total. The predicted molar refractivity (Wildman–Crippen MR) is 116 cm³/mol. The van der Waals surface area contributed by atoms with E-state index in [2.05, 4.69) is 11.1 Å². The number of pyridine rings is 1. The first-order valence-corrected chi connectivity index (χ1v) is 10.8. The van der Waals surface area contributed by atoms with Gasteiger partial charge in [0.2, 0.25) is 11.8 Å². The van der Waals surface area contributed by atoms with Crippen LogP contribution in [0.2, 0.25) is 0 Å². The van der Waals surface area contributed by atoms with Crippen molar-refractivity contribution in [2.24, 2.45) is 5.73 Å². The van der Waals surface area contributed by atoms with Crippen molar-refractivity contribution >= 4 is 27.5 Å². The number of amides is 1. The molecule has 0 atom stereocenters. The number of nitrogens with two attached hydrogens (primary N) is 1. The zero-order chi connectivity index (χ0) is 21.3. The van der Waals surface area contributed by atoms with E-state index in [1.807, 2.05) is 19.9 Å². The molecule has 3 heterocycles. The van der Waals surface area contributed by atoms with Crippen molar-refractivity contribution in [2.75, 3.05) is 20.3 Å². The zero-order valence-corrected chi connectivity index (χ0v) is 18.1. The summed E-state index contributed by atoms with van der Waals surface area (Å²) < 4.78 is 18.0. The van der Waals surface area contributed by atoms with Crippen molar-refractivity contribution in [3.63, 3.8) is 0 Å². The van der Waals surface area contributed by atoms with E-state index >= 15 is 0 Å². The fraction of sp³-hybridized carbons (Fsp3) is 0.409. The maximum atomic E-state index is 12.2. The van der Waals surface area contributed by atoms with Crippen LogP contribution in [-0.2, 0) is 4.74 Å². The summed E-state index contributed by atoms with van der Waals surface area (Å²) in [6, 6.07) is 5.68. The Bertz CT molecular complexity index is 1070. The molecule has 1 aliphatic heterocycles. The maximum Gasteiger partial charge on any atom is 0.249 e. The third kappa shape index (κ3) is 3.85. The molecule has 0 aliphatic carbocycles. The van der Waals surface area contributed by atoms with Crippen LogP contribution in [0.15, 0.2) is 24.4 Å². The standard InChI is InChI=1S/C22H25N3O4S/c1-12(2)29-21-17(15(20(23)26)6-9-24-21)22-25-18-16(27-3)5-4-14(19(18)30-22)13-7-10-28-11-8-13/h4-6,9,12-13H,7-8,10-11H2,1-3H3,(H2,23,26). The van der Waals surface area contributed by atoms with Gasteiger partial charge in [-0.15, -0.1) is 11.3 Å². The number of carbonyl (C=O) groups is 1. The van der Waals surface area contributed by atoms with Gasteiger partial charge in [-0.25, -0.2) is 9.97 Å². The Hall–Kier alpha value is -2.71. The van der Waals surface area contributed by atoms with Crippen LogP contribution >= 0.6 is 11.3 Å². The summed E-state index contributed by atoms with van der Waals surface area (Å²) in [5.74, 6) is 0.902. The first-order chi connectivity index (χ1) is 14.5. The van der Waals surface area contributed by atoms with Gasteiger partial charge in [-0.1, -0.05) is 6.07 Å². The molecule has 4 rings (SSSR count). The molecular weight excluding hydrogens is 402 g/mol. The SMILES string of the molecule is COc1ccc(C2CCOCC2)c2sc(-c3c(C(N)=O)ccnc3OC(C)C)nc12. The summed E-state index contributed by atoms with van der Waals surface area (Å²) in [6.45, 7) is 5.33. The number of aromatic nitrogens is 2. The van der Waals surface area contributed by atoms with Crippen LogP contribution in [0.5, 0.6) is 11.6 Å². The second-order valence-corrected chi connectivity index (χ2v) is 8.51. The lowest BCUT2D eigenvalue weighted by atomic mass is 9.91. The lowest BCUT2D eigenvalue weighted by molar-refractivity contribution is 0.0856. The third-order valence-corrected chi connectivity index (χ3v) is 6.28. The van der Waals surface area contributed by atoms with Gasteiger partial charge in [0.1, 0.15) is 16.3 Å².